The first kappa shape index (κ1) is 32.7. The van der Waals surface area contributed by atoms with E-state index in [0.717, 1.165) is 5.69 Å². The fraction of sp³-hybridized carbons (Fsp3) is 0.115. The zero-order valence-corrected chi connectivity index (χ0v) is 31.9. The van der Waals surface area contributed by atoms with Crippen molar-refractivity contribution >= 4 is 59.3 Å². The third-order valence-corrected chi connectivity index (χ3v) is 12.8. The van der Waals surface area contributed by atoms with Crippen molar-refractivity contribution in [3.05, 3.63) is 187 Å². The number of thiophene rings is 1. The van der Waals surface area contributed by atoms with Crippen LogP contribution in [-0.4, -0.2) is 0 Å². The first-order valence-corrected chi connectivity index (χ1v) is 19.9. The SMILES string of the molecule is CC(C)c1cccc2c1-c1ccc(N(c3ccc(-c4ccc5ccccc5c4-c4ccccc4)cc3)c3cccc4sc5ccccc5c34)cc1C2(C)C. The Labute approximate surface area is 321 Å². The quantitative estimate of drug-likeness (QED) is 0.166. The Bertz CT molecular complexity index is 2880. The van der Waals surface area contributed by atoms with E-state index in [9.17, 15) is 0 Å². The molecule has 0 spiro atoms. The molecule has 0 bridgehead atoms. The van der Waals surface area contributed by atoms with Crippen molar-refractivity contribution in [2.45, 2.75) is 39.0 Å². The van der Waals surface area contributed by atoms with Gasteiger partial charge in [0, 0.05) is 37.0 Å². The molecule has 0 unspecified atom stereocenters. The summed E-state index contributed by atoms with van der Waals surface area (Å²) < 4.78 is 2.61. The fourth-order valence-electron chi connectivity index (χ4n) is 9.01. The maximum absolute atomic E-state index is 2.49. The predicted molar refractivity (Wildman–Crippen MR) is 234 cm³/mol. The van der Waals surface area contributed by atoms with Gasteiger partial charge in [-0.05, 0) is 109 Å². The molecular formula is C52H41NS. The van der Waals surface area contributed by atoms with Crippen molar-refractivity contribution in [3.8, 4) is 33.4 Å². The highest BCUT2D eigenvalue weighted by molar-refractivity contribution is 7.26. The summed E-state index contributed by atoms with van der Waals surface area (Å²) in [5.41, 5.74) is 15.4. The predicted octanol–water partition coefficient (Wildman–Crippen LogP) is 15.4. The van der Waals surface area contributed by atoms with E-state index in [-0.39, 0.29) is 5.41 Å². The van der Waals surface area contributed by atoms with Crippen molar-refractivity contribution in [2.75, 3.05) is 4.90 Å². The second-order valence-electron chi connectivity index (χ2n) is 15.5. The Morgan fingerprint density at radius 2 is 1.19 bits per heavy atom. The molecule has 10 rings (SSSR count). The number of anilines is 3. The van der Waals surface area contributed by atoms with Gasteiger partial charge in [0.25, 0.3) is 0 Å². The second kappa shape index (κ2) is 12.6. The summed E-state index contributed by atoms with van der Waals surface area (Å²) in [6.45, 7) is 9.41. The molecule has 0 amide bonds. The van der Waals surface area contributed by atoms with Crippen LogP contribution in [0.4, 0.5) is 17.1 Å². The van der Waals surface area contributed by atoms with E-state index in [1.54, 1.807) is 0 Å². The second-order valence-corrected chi connectivity index (χ2v) is 16.6. The fourth-order valence-corrected chi connectivity index (χ4v) is 10.1. The van der Waals surface area contributed by atoms with Gasteiger partial charge in [-0.2, -0.15) is 0 Å². The molecule has 0 radical (unpaired) electrons. The van der Waals surface area contributed by atoms with Crippen molar-refractivity contribution in [1.29, 1.82) is 0 Å². The summed E-state index contributed by atoms with van der Waals surface area (Å²) in [6, 6.07) is 63.1. The molecule has 260 valence electrons. The highest BCUT2D eigenvalue weighted by Gasteiger charge is 2.37. The van der Waals surface area contributed by atoms with Crippen LogP contribution in [0.25, 0.3) is 64.3 Å². The van der Waals surface area contributed by atoms with Crippen LogP contribution in [0.15, 0.2) is 170 Å². The van der Waals surface area contributed by atoms with Crippen LogP contribution in [0.1, 0.15) is 50.3 Å². The third-order valence-electron chi connectivity index (χ3n) is 11.6. The van der Waals surface area contributed by atoms with Gasteiger partial charge in [0.15, 0.2) is 0 Å². The van der Waals surface area contributed by atoms with E-state index in [1.807, 2.05) is 11.3 Å². The molecule has 1 aliphatic rings. The third kappa shape index (κ3) is 5.05. The van der Waals surface area contributed by atoms with Crippen LogP contribution in [0.3, 0.4) is 0 Å². The van der Waals surface area contributed by atoms with Crippen molar-refractivity contribution < 1.29 is 0 Å². The van der Waals surface area contributed by atoms with Crippen molar-refractivity contribution in [2.24, 2.45) is 0 Å². The Balaban J connectivity index is 1.18. The lowest BCUT2D eigenvalue weighted by Gasteiger charge is -2.29. The highest BCUT2D eigenvalue weighted by atomic mass is 32.1. The smallest absolute Gasteiger partial charge is 0.0554 e. The topological polar surface area (TPSA) is 3.24 Å². The van der Waals surface area contributed by atoms with Gasteiger partial charge < -0.3 is 4.90 Å². The van der Waals surface area contributed by atoms with E-state index in [2.05, 4.69) is 202 Å². The summed E-state index contributed by atoms with van der Waals surface area (Å²) >= 11 is 1.87. The summed E-state index contributed by atoms with van der Waals surface area (Å²) in [6.07, 6.45) is 0. The maximum Gasteiger partial charge on any atom is 0.0554 e. The van der Waals surface area contributed by atoms with Gasteiger partial charge in [-0.1, -0.05) is 155 Å². The van der Waals surface area contributed by atoms with Gasteiger partial charge in [-0.3, -0.25) is 0 Å². The molecule has 0 saturated heterocycles. The Kier molecular flexibility index (Phi) is 7.61. The Morgan fingerprint density at radius 3 is 2.00 bits per heavy atom. The molecule has 0 fully saturated rings. The first-order chi connectivity index (χ1) is 26.4. The summed E-state index contributed by atoms with van der Waals surface area (Å²) in [5, 5.41) is 5.12. The minimum atomic E-state index is -0.119. The van der Waals surface area contributed by atoms with Crippen molar-refractivity contribution in [3.63, 3.8) is 0 Å². The average Bonchev–Trinajstić information content (AvgIpc) is 3.70. The summed E-state index contributed by atoms with van der Waals surface area (Å²) in [5.74, 6) is 0.450. The molecular weight excluding hydrogens is 671 g/mol. The number of hydrogen-bond donors (Lipinski definition) is 0. The number of benzene rings is 8. The largest absolute Gasteiger partial charge is 0.310 e. The number of fused-ring (bicyclic) bond motifs is 7. The number of hydrogen-bond acceptors (Lipinski definition) is 2. The maximum atomic E-state index is 2.49. The van der Waals surface area contributed by atoms with Crippen LogP contribution in [0.5, 0.6) is 0 Å². The van der Waals surface area contributed by atoms with E-state index in [4.69, 9.17) is 0 Å². The molecule has 8 aromatic carbocycles. The van der Waals surface area contributed by atoms with Crippen LogP contribution < -0.4 is 4.90 Å². The van der Waals surface area contributed by atoms with E-state index in [1.165, 1.54) is 92.4 Å². The Morgan fingerprint density at radius 1 is 0.500 bits per heavy atom. The minimum absolute atomic E-state index is 0.119. The molecule has 0 atom stereocenters. The standard InChI is InChI=1S/C52H41NS/c1-33(2)39-19-12-20-44-50(39)42-31-29-38(32-45(42)52(44,3)4)53(46-21-13-23-48-51(46)43-18-10-11-22-47(43)54-48)37-27-24-35(25-28-37)41-30-26-34-14-8-9-17-40(34)49(41)36-15-6-5-7-16-36/h5-33H,1-4H3. The molecule has 0 N–H and O–H groups in total. The lowest BCUT2D eigenvalue weighted by Crippen LogP contribution is -2.16. The Hall–Kier alpha value is -5.96. The normalized spacial score (nSPS) is 13.1. The molecule has 1 nitrogen and oxygen atoms in total. The molecule has 0 aliphatic heterocycles. The van der Waals surface area contributed by atoms with Crippen LogP contribution in [-0.2, 0) is 5.41 Å². The van der Waals surface area contributed by atoms with Crippen molar-refractivity contribution in [1.82, 2.24) is 0 Å². The van der Waals surface area contributed by atoms with Crippen LogP contribution in [0, 0.1) is 0 Å². The van der Waals surface area contributed by atoms with E-state index in [0.29, 0.717) is 5.92 Å². The van der Waals surface area contributed by atoms with Gasteiger partial charge in [0.05, 0.1) is 5.69 Å². The zero-order valence-electron chi connectivity index (χ0n) is 31.1. The van der Waals surface area contributed by atoms with Gasteiger partial charge in [0.2, 0.25) is 0 Å². The highest BCUT2D eigenvalue weighted by Crippen LogP contribution is 2.54. The van der Waals surface area contributed by atoms with E-state index < -0.39 is 0 Å². The van der Waals surface area contributed by atoms with Crippen LogP contribution >= 0.6 is 11.3 Å². The first-order valence-electron chi connectivity index (χ1n) is 19.0. The molecule has 0 saturated carbocycles. The number of nitrogens with zero attached hydrogens (tertiary/aromatic N) is 1. The zero-order chi connectivity index (χ0) is 36.6. The molecule has 1 heterocycles. The lowest BCUT2D eigenvalue weighted by atomic mass is 9.81. The van der Waals surface area contributed by atoms with Gasteiger partial charge >= 0.3 is 0 Å². The molecule has 2 heteroatoms. The number of rotatable bonds is 6. The molecule has 1 aromatic heterocycles. The minimum Gasteiger partial charge on any atom is -0.310 e. The average molecular weight is 712 g/mol. The summed E-state index contributed by atoms with van der Waals surface area (Å²) in [4.78, 5) is 2.49. The summed E-state index contributed by atoms with van der Waals surface area (Å²) in [7, 11) is 0. The van der Waals surface area contributed by atoms with Gasteiger partial charge in [0.1, 0.15) is 0 Å². The van der Waals surface area contributed by atoms with E-state index >= 15 is 0 Å². The monoisotopic (exact) mass is 711 g/mol. The van der Waals surface area contributed by atoms with Gasteiger partial charge in [-0.15, -0.1) is 11.3 Å². The molecule has 54 heavy (non-hydrogen) atoms. The lowest BCUT2D eigenvalue weighted by molar-refractivity contribution is 0.659. The van der Waals surface area contributed by atoms with Crippen LogP contribution in [0.2, 0.25) is 0 Å². The molecule has 9 aromatic rings. The van der Waals surface area contributed by atoms with Gasteiger partial charge in [-0.25, -0.2) is 0 Å². The molecule has 1 aliphatic carbocycles.